The maximum Gasteiger partial charge on any atom is 0.323 e. The van der Waals surface area contributed by atoms with Crippen LogP contribution in [0.2, 0.25) is 0 Å². The molecule has 6 nitrogen and oxygen atoms in total. The summed E-state index contributed by atoms with van der Waals surface area (Å²) >= 11 is 0. The minimum atomic E-state index is -1.06. The molecule has 0 aliphatic rings. The highest BCUT2D eigenvalue weighted by atomic mass is 16.5. The molecular weight excluding hydrogens is 262 g/mol. The zero-order chi connectivity index (χ0) is 15.0. The number of carbonyl (C=O) groups excluding carboxylic acids is 1. The average Bonchev–Trinajstić information content (AvgIpc) is 2.43. The van der Waals surface area contributed by atoms with Gasteiger partial charge in [-0.15, -0.1) is 0 Å². The summed E-state index contributed by atoms with van der Waals surface area (Å²) in [5, 5.41) is 8.84. The summed E-state index contributed by atoms with van der Waals surface area (Å²) in [4.78, 5) is 24.3. The molecule has 1 aromatic carbocycles. The van der Waals surface area contributed by atoms with Crippen molar-refractivity contribution in [2.75, 3.05) is 33.4 Å². The number of amides is 1. The van der Waals surface area contributed by atoms with E-state index in [2.05, 4.69) is 0 Å². The first-order valence-corrected chi connectivity index (χ1v) is 6.31. The normalized spacial score (nSPS) is 10.1. The highest BCUT2D eigenvalue weighted by Gasteiger charge is 2.18. The number of carboxylic acid groups (broad SMARTS) is 1. The fourth-order valence-corrected chi connectivity index (χ4v) is 1.66. The molecule has 0 bridgehead atoms. The van der Waals surface area contributed by atoms with E-state index in [9.17, 15) is 9.59 Å². The van der Waals surface area contributed by atoms with Gasteiger partial charge in [-0.3, -0.25) is 9.59 Å². The molecule has 0 atom stereocenters. The van der Waals surface area contributed by atoms with Crippen molar-refractivity contribution in [1.82, 2.24) is 4.90 Å². The van der Waals surface area contributed by atoms with Crippen LogP contribution < -0.4 is 4.74 Å². The van der Waals surface area contributed by atoms with Crippen molar-refractivity contribution in [3.8, 4) is 5.75 Å². The highest BCUT2D eigenvalue weighted by Crippen LogP contribution is 2.13. The zero-order valence-corrected chi connectivity index (χ0v) is 11.7. The summed E-state index contributed by atoms with van der Waals surface area (Å²) in [6, 6.07) is 6.61. The van der Waals surface area contributed by atoms with Gasteiger partial charge < -0.3 is 19.5 Å². The number of aliphatic carboxylic acids is 1. The Hall–Kier alpha value is -2.08. The maximum atomic E-state index is 12.2. The largest absolute Gasteiger partial charge is 0.494 e. The Balaban J connectivity index is 2.78. The molecule has 6 heteroatoms. The third-order valence-electron chi connectivity index (χ3n) is 2.59. The summed E-state index contributed by atoms with van der Waals surface area (Å²) in [7, 11) is 1.50. The molecule has 0 radical (unpaired) electrons. The van der Waals surface area contributed by atoms with E-state index in [1.54, 1.807) is 24.3 Å². The van der Waals surface area contributed by atoms with Crippen LogP contribution >= 0.6 is 0 Å². The van der Waals surface area contributed by atoms with E-state index >= 15 is 0 Å². The topological polar surface area (TPSA) is 76.1 Å². The van der Waals surface area contributed by atoms with Crippen LogP contribution in [0.3, 0.4) is 0 Å². The average molecular weight is 281 g/mol. The molecule has 0 heterocycles. The van der Waals surface area contributed by atoms with Gasteiger partial charge in [-0.1, -0.05) is 0 Å². The molecule has 0 fully saturated rings. The molecule has 1 N–H and O–H groups in total. The number of carbonyl (C=O) groups is 2. The molecular formula is C14H19NO5. The number of nitrogens with zero attached hydrogens (tertiary/aromatic N) is 1. The molecule has 0 aliphatic heterocycles. The summed E-state index contributed by atoms with van der Waals surface area (Å²) < 4.78 is 10.2. The second-order valence-corrected chi connectivity index (χ2v) is 4.07. The maximum absolute atomic E-state index is 12.2. The summed E-state index contributed by atoms with van der Waals surface area (Å²) in [5.74, 6) is -0.724. The van der Waals surface area contributed by atoms with E-state index in [0.29, 0.717) is 17.9 Å². The van der Waals surface area contributed by atoms with Gasteiger partial charge in [0, 0.05) is 19.2 Å². The van der Waals surface area contributed by atoms with E-state index in [4.69, 9.17) is 14.6 Å². The Bertz CT molecular complexity index is 443. The molecule has 0 saturated heterocycles. The lowest BCUT2D eigenvalue weighted by Crippen LogP contribution is -2.37. The number of hydrogen-bond acceptors (Lipinski definition) is 4. The van der Waals surface area contributed by atoms with E-state index in [1.807, 2.05) is 6.92 Å². The minimum absolute atomic E-state index is 0.231. The quantitative estimate of drug-likeness (QED) is 0.776. The second-order valence-electron chi connectivity index (χ2n) is 4.07. The van der Waals surface area contributed by atoms with Crippen LogP contribution in [0.1, 0.15) is 17.3 Å². The minimum Gasteiger partial charge on any atom is -0.494 e. The van der Waals surface area contributed by atoms with E-state index in [1.165, 1.54) is 12.0 Å². The van der Waals surface area contributed by atoms with Crippen LogP contribution in [0.25, 0.3) is 0 Å². The third-order valence-corrected chi connectivity index (χ3v) is 2.59. The zero-order valence-electron chi connectivity index (χ0n) is 11.7. The van der Waals surface area contributed by atoms with Gasteiger partial charge >= 0.3 is 5.97 Å². The molecule has 0 unspecified atom stereocenters. The number of methoxy groups -OCH3 is 1. The molecule has 0 aromatic heterocycles. The van der Waals surface area contributed by atoms with E-state index in [-0.39, 0.29) is 25.6 Å². The van der Waals surface area contributed by atoms with E-state index < -0.39 is 5.97 Å². The number of ether oxygens (including phenoxy) is 2. The highest BCUT2D eigenvalue weighted by molar-refractivity contribution is 5.95. The van der Waals surface area contributed by atoms with Gasteiger partial charge in [-0.05, 0) is 31.2 Å². The number of benzene rings is 1. The molecule has 0 aliphatic carbocycles. The Labute approximate surface area is 117 Å². The first-order valence-electron chi connectivity index (χ1n) is 6.31. The lowest BCUT2D eigenvalue weighted by atomic mass is 10.2. The number of hydrogen-bond donors (Lipinski definition) is 1. The standard InChI is InChI=1S/C14H19NO5/c1-3-20-12-6-4-11(5-7-12)14(18)15(8-9-19-2)10-13(16)17/h4-7H,3,8-10H2,1-2H3,(H,16,17). The van der Waals surface area contributed by atoms with Gasteiger partial charge in [0.15, 0.2) is 0 Å². The molecule has 0 spiro atoms. The lowest BCUT2D eigenvalue weighted by Gasteiger charge is -2.20. The smallest absolute Gasteiger partial charge is 0.323 e. The van der Waals surface area contributed by atoms with Gasteiger partial charge in [-0.2, -0.15) is 0 Å². The molecule has 1 rings (SSSR count). The van der Waals surface area contributed by atoms with Crippen LogP contribution in [0.5, 0.6) is 5.75 Å². The Morgan fingerprint density at radius 1 is 1.25 bits per heavy atom. The van der Waals surface area contributed by atoms with Gasteiger partial charge in [0.2, 0.25) is 0 Å². The number of carboxylic acids is 1. The van der Waals surface area contributed by atoms with Crippen LogP contribution in [-0.4, -0.2) is 55.3 Å². The fourth-order valence-electron chi connectivity index (χ4n) is 1.66. The fraction of sp³-hybridized carbons (Fsp3) is 0.429. The molecule has 20 heavy (non-hydrogen) atoms. The Morgan fingerprint density at radius 3 is 2.40 bits per heavy atom. The molecule has 1 amide bonds. The molecule has 1 aromatic rings. The second kappa shape index (κ2) is 8.16. The molecule has 110 valence electrons. The summed E-state index contributed by atoms with van der Waals surface area (Å²) in [6.45, 7) is 2.59. The summed E-state index contributed by atoms with van der Waals surface area (Å²) in [5.41, 5.74) is 0.422. The van der Waals surface area contributed by atoms with Gasteiger partial charge in [0.05, 0.1) is 13.2 Å². The first-order chi connectivity index (χ1) is 9.58. The van der Waals surface area contributed by atoms with Crippen LogP contribution in [-0.2, 0) is 9.53 Å². The van der Waals surface area contributed by atoms with E-state index in [0.717, 1.165) is 0 Å². The van der Waals surface area contributed by atoms with Gasteiger partial charge in [-0.25, -0.2) is 0 Å². The SMILES string of the molecule is CCOc1ccc(C(=O)N(CCOC)CC(=O)O)cc1. The predicted molar refractivity (Wildman–Crippen MR) is 73.0 cm³/mol. The lowest BCUT2D eigenvalue weighted by molar-refractivity contribution is -0.137. The Morgan fingerprint density at radius 2 is 1.90 bits per heavy atom. The van der Waals surface area contributed by atoms with Crippen molar-refractivity contribution >= 4 is 11.9 Å². The Kier molecular flexibility index (Phi) is 6.52. The monoisotopic (exact) mass is 281 g/mol. The van der Waals surface area contributed by atoms with Crippen LogP contribution in [0, 0.1) is 0 Å². The van der Waals surface area contributed by atoms with Crippen molar-refractivity contribution in [3.63, 3.8) is 0 Å². The van der Waals surface area contributed by atoms with Crippen LogP contribution in [0.4, 0.5) is 0 Å². The van der Waals surface area contributed by atoms with Crippen molar-refractivity contribution in [2.24, 2.45) is 0 Å². The van der Waals surface area contributed by atoms with Crippen molar-refractivity contribution < 1.29 is 24.2 Å². The van der Waals surface area contributed by atoms with Crippen molar-refractivity contribution in [3.05, 3.63) is 29.8 Å². The van der Waals surface area contributed by atoms with Crippen LogP contribution in [0.15, 0.2) is 24.3 Å². The third kappa shape index (κ3) is 4.89. The molecule has 0 saturated carbocycles. The van der Waals surface area contributed by atoms with Crippen molar-refractivity contribution in [2.45, 2.75) is 6.92 Å². The first kappa shape index (κ1) is 16.0. The van der Waals surface area contributed by atoms with Crippen molar-refractivity contribution in [1.29, 1.82) is 0 Å². The predicted octanol–water partition coefficient (Wildman–Crippen LogP) is 1.26. The van der Waals surface area contributed by atoms with Gasteiger partial charge in [0.1, 0.15) is 12.3 Å². The van der Waals surface area contributed by atoms with Gasteiger partial charge in [0.25, 0.3) is 5.91 Å². The summed E-state index contributed by atoms with van der Waals surface area (Å²) in [6.07, 6.45) is 0. The number of rotatable bonds is 8.